The Bertz CT molecular complexity index is 735. The predicted octanol–water partition coefficient (Wildman–Crippen LogP) is 4.34. The van der Waals surface area contributed by atoms with E-state index in [1.165, 1.54) is 23.1 Å². The van der Waals surface area contributed by atoms with Gasteiger partial charge >= 0.3 is 0 Å². The number of benzene rings is 1. The molecule has 0 unspecified atom stereocenters. The van der Waals surface area contributed by atoms with Crippen LogP contribution in [0, 0.1) is 0 Å². The lowest BCUT2D eigenvalue weighted by atomic mass is 10.0. The Kier molecular flexibility index (Phi) is 18.1. The summed E-state index contributed by atoms with van der Waals surface area (Å²) in [4.78, 5) is 24.7. The largest absolute Gasteiger partial charge is 0.379 e. The predicted molar refractivity (Wildman–Crippen MR) is 139 cm³/mol. The molecule has 180 valence electrons. The lowest BCUT2D eigenvalue weighted by Gasteiger charge is -2.26. The molecular weight excluding hydrogens is 420 g/mol. The van der Waals surface area contributed by atoms with Gasteiger partial charge in [-0.2, -0.15) is 0 Å². The number of fused-ring (bicyclic) bond motifs is 1. The normalized spacial score (nSPS) is 11.8. The molecule has 32 heavy (non-hydrogen) atoms. The van der Waals surface area contributed by atoms with Crippen LogP contribution in [0.4, 0.5) is 5.00 Å². The highest BCUT2D eigenvalue weighted by Crippen LogP contribution is 2.35. The van der Waals surface area contributed by atoms with E-state index in [0.717, 1.165) is 75.1 Å². The molecule has 1 amide bonds. The van der Waals surface area contributed by atoms with Crippen molar-refractivity contribution in [2.45, 2.75) is 53.0 Å². The molecule has 4 N–H and O–H groups in total. The molecule has 0 saturated carbocycles. The van der Waals surface area contributed by atoms with E-state index in [4.69, 9.17) is 0 Å². The van der Waals surface area contributed by atoms with Gasteiger partial charge in [0.15, 0.2) is 6.29 Å². The number of rotatable bonds is 9. The van der Waals surface area contributed by atoms with Crippen molar-refractivity contribution in [1.29, 1.82) is 0 Å². The van der Waals surface area contributed by atoms with Crippen LogP contribution >= 0.6 is 11.3 Å². The van der Waals surface area contributed by atoms with Crippen LogP contribution in [-0.4, -0.2) is 51.3 Å². The number of carbonyl (C=O) groups is 2. The van der Waals surface area contributed by atoms with Gasteiger partial charge in [-0.25, -0.2) is 0 Å². The molecule has 0 aliphatic carbocycles. The van der Waals surface area contributed by atoms with Gasteiger partial charge in [-0.3, -0.25) is 14.5 Å². The van der Waals surface area contributed by atoms with Gasteiger partial charge in [0, 0.05) is 38.1 Å². The average molecular weight is 463 g/mol. The van der Waals surface area contributed by atoms with E-state index in [1.54, 1.807) is 11.3 Å². The fourth-order valence-corrected chi connectivity index (χ4v) is 4.46. The first kappa shape index (κ1) is 29.8. The maximum absolute atomic E-state index is 11.3. The fraction of sp³-hybridized carbons (Fsp3) is 0.520. The second-order valence-electron chi connectivity index (χ2n) is 6.80. The van der Waals surface area contributed by atoms with E-state index < -0.39 is 0 Å². The lowest BCUT2D eigenvalue weighted by molar-refractivity contribution is -0.109. The summed E-state index contributed by atoms with van der Waals surface area (Å²) in [7, 11) is 3.39. The minimum atomic E-state index is 0.732. The second-order valence-corrected chi connectivity index (χ2v) is 7.91. The number of nitrogens with zero attached hydrogens (tertiary/aromatic N) is 1. The molecule has 0 bridgehead atoms. The summed E-state index contributed by atoms with van der Waals surface area (Å²) >= 11 is 1.73. The van der Waals surface area contributed by atoms with Crippen molar-refractivity contribution in [2.75, 3.05) is 39.0 Å². The van der Waals surface area contributed by atoms with Crippen molar-refractivity contribution in [3.8, 4) is 0 Å². The SMILES string of the molecule is CC.CCCCNC=O.CN.CNc1sc2c(c1C=O)CCN(CCc1ccccc1)C2. The smallest absolute Gasteiger partial charge is 0.207 e. The zero-order chi connectivity index (χ0) is 24.2. The fourth-order valence-electron chi connectivity index (χ4n) is 3.25. The van der Waals surface area contributed by atoms with Crippen molar-refractivity contribution in [3.05, 3.63) is 51.9 Å². The van der Waals surface area contributed by atoms with Crippen molar-refractivity contribution in [1.82, 2.24) is 10.2 Å². The third kappa shape index (κ3) is 10.4. The van der Waals surface area contributed by atoms with Crippen molar-refractivity contribution >= 4 is 29.0 Å². The first-order valence-electron chi connectivity index (χ1n) is 11.5. The Morgan fingerprint density at radius 2 is 1.84 bits per heavy atom. The molecule has 1 aliphatic rings. The highest BCUT2D eigenvalue weighted by molar-refractivity contribution is 7.16. The number of nitrogens with two attached hydrogens (primary N) is 1. The summed E-state index contributed by atoms with van der Waals surface area (Å²) in [6.45, 7) is 10.00. The molecule has 0 atom stereocenters. The van der Waals surface area contributed by atoms with Crippen molar-refractivity contribution in [3.63, 3.8) is 0 Å². The van der Waals surface area contributed by atoms with Gasteiger partial charge in [-0.1, -0.05) is 57.5 Å². The molecule has 0 saturated heterocycles. The number of amides is 1. The number of anilines is 1. The molecule has 2 aromatic rings. The van der Waals surface area contributed by atoms with Gasteiger partial charge in [0.1, 0.15) is 0 Å². The van der Waals surface area contributed by atoms with Crippen LogP contribution in [0.5, 0.6) is 0 Å². The van der Waals surface area contributed by atoms with E-state index >= 15 is 0 Å². The van der Waals surface area contributed by atoms with Crippen LogP contribution in [0.25, 0.3) is 0 Å². The molecule has 0 fully saturated rings. The third-order valence-electron chi connectivity index (χ3n) is 4.84. The van der Waals surface area contributed by atoms with Crippen LogP contribution < -0.4 is 16.4 Å². The zero-order valence-electron chi connectivity index (χ0n) is 20.4. The molecule has 7 heteroatoms. The molecule has 3 rings (SSSR count). The molecule has 1 aliphatic heterocycles. The lowest BCUT2D eigenvalue weighted by Crippen LogP contribution is -2.31. The third-order valence-corrected chi connectivity index (χ3v) is 6.09. The first-order valence-corrected chi connectivity index (χ1v) is 12.3. The van der Waals surface area contributed by atoms with Gasteiger partial charge < -0.3 is 16.4 Å². The topological polar surface area (TPSA) is 87.5 Å². The van der Waals surface area contributed by atoms with Crippen LogP contribution in [0.1, 0.15) is 60.0 Å². The number of thiophene rings is 1. The van der Waals surface area contributed by atoms with Gasteiger partial charge in [0.05, 0.1) is 10.6 Å². The Labute approximate surface area is 198 Å². The minimum Gasteiger partial charge on any atom is -0.379 e. The van der Waals surface area contributed by atoms with Crippen LogP contribution in [0.15, 0.2) is 30.3 Å². The summed E-state index contributed by atoms with van der Waals surface area (Å²) in [5, 5.41) is 6.73. The standard InChI is InChI=1S/C17H20N2OS.C5H11NO.C2H6.CH5N/c1-18-17-15(12-20)14-8-10-19(11-16(14)21-17)9-7-13-5-3-2-4-6-13;1-2-3-4-6-5-7;2*1-2/h2-6,12,18H,7-11H2,1H3;5H,2-4H2,1H3,(H,6,7);1-2H3;2H2,1H3. The molecule has 0 radical (unpaired) electrons. The molecule has 2 heterocycles. The van der Waals surface area contributed by atoms with Crippen LogP contribution in [0.2, 0.25) is 0 Å². The van der Waals surface area contributed by atoms with Crippen LogP contribution in [-0.2, 0) is 24.2 Å². The van der Waals surface area contributed by atoms with Gasteiger partial charge in [0.2, 0.25) is 6.41 Å². The van der Waals surface area contributed by atoms with E-state index in [-0.39, 0.29) is 0 Å². The van der Waals surface area contributed by atoms with E-state index in [0.29, 0.717) is 0 Å². The Hall–Kier alpha value is -2.22. The number of hydrogen-bond donors (Lipinski definition) is 3. The van der Waals surface area contributed by atoms with E-state index in [2.05, 4.69) is 58.5 Å². The number of hydrogen-bond acceptors (Lipinski definition) is 6. The molecular formula is C25H42N4O2S. The molecule has 6 nitrogen and oxygen atoms in total. The van der Waals surface area contributed by atoms with E-state index in [9.17, 15) is 9.59 Å². The van der Waals surface area contributed by atoms with Gasteiger partial charge in [-0.05, 0) is 37.4 Å². The van der Waals surface area contributed by atoms with Crippen molar-refractivity contribution < 1.29 is 9.59 Å². The number of carbonyl (C=O) groups excluding carboxylic acids is 2. The minimum absolute atomic E-state index is 0.732. The van der Waals surface area contributed by atoms with Gasteiger partial charge in [0.25, 0.3) is 0 Å². The van der Waals surface area contributed by atoms with Gasteiger partial charge in [-0.15, -0.1) is 11.3 Å². The maximum atomic E-state index is 11.3. The zero-order valence-corrected chi connectivity index (χ0v) is 21.3. The average Bonchev–Trinajstić information content (AvgIpc) is 3.23. The Morgan fingerprint density at radius 3 is 2.41 bits per heavy atom. The summed E-state index contributed by atoms with van der Waals surface area (Å²) in [5.74, 6) is 0. The summed E-state index contributed by atoms with van der Waals surface area (Å²) in [5.41, 5.74) is 8.02. The Balaban J connectivity index is 0.000000743. The van der Waals surface area contributed by atoms with Crippen molar-refractivity contribution in [2.24, 2.45) is 5.73 Å². The summed E-state index contributed by atoms with van der Waals surface area (Å²) in [6, 6.07) is 10.6. The monoisotopic (exact) mass is 462 g/mol. The summed E-state index contributed by atoms with van der Waals surface area (Å²) < 4.78 is 0. The first-order chi connectivity index (χ1) is 15.7. The van der Waals surface area contributed by atoms with E-state index in [1.807, 2.05) is 20.9 Å². The quantitative estimate of drug-likeness (QED) is 0.381. The number of aldehydes is 1. The Morgan fingerprint density at radius 1 is 1.16 bits per heavy atom. The number of unbranched alkanes of at least 4 members (excludes halogenated alkanes) is 1. The highest BCUT2D eigenvalue weighted by atomic mass is 32.1. The van der Waals surface area contributed by atoms with Crippen LogP contribution in [0.3, 0.4) is 0 Å². The summed E-state index contributed by atoms with van der Waals surface area (Å²) in [6.07, 6.45) is 6.02. The molecule has 0 spiro atoms. The maximum Gasteiger partial charge on any atom is 0.207 e. The second kappa shape index (κ2) is 19.5. The molecule has 1 aromatic heterocycles. The highest BCUT2D eigenvalue weighted by Gasteiger charge is 2.23. The number of nitrogens with one attached hydrogen (secondary N) is 2. The molecule has 1 aromatic carbocycles.